The van der Waals surface area contributed by atoms with Crippen molar-refractivity contribution in [3.05, 3.63) is 57.4 Å². The van der Waals surface area contributed by atoms with Gasteiger partial charge in [-0.15, -0.1) is 0 Å². The molecule has 3 rings (SSSR count). The van der Waals surface area contributed by atoms with Gasteiger partial charge < -0.3 is 24.3 Å². The number of nitrogens with one attached hydrogen (secondary N) is 1. The summed E-state index contributed by atoms with van der Waals surface area (Å²) in [7, 11) is 3.92. The van der Waals surface area contributed by atoms with E-state index >= 15 is 0 Å². The van der Waals surface area contributed by atoms with E-state index in [1.165, 1.54) is 39.5 Å². The summed E-state index contributed by atoms with van der Waals surface area (Å²) in [6.45, 7) is 2.46. The number of hydrogen-bond acceptors (Lipinski definition) is 8. The number of morpholine rings is 1. The molecule has 11 heteroatoms. The Hall–Kier alpha value is -3.44. The van der Waals surface area contributed by atoms with Gasteiger partial charge in [0.15, 0.2) is 5.75 Å². The molecule has 0 radical (unpaired) electrons. The molecule has 1 unspecified atom stereocenters. The van der Waals surface area contributed by atoms with E-state index in [0.29, 0.717) is 26.3 Å². The number of rotatable bonds is 9. The largest absolute Gasteiger partial charge is 0.493 e. The predicted molar refractivity (Wildman–Crippen MR) is 117 cm³/mol. The Kier molecular flexibility index (Phi) is 8.01. The SMILES string of the molecule is COc1cc(C(=O)NCC(c2ccc(F)cc2)N2CCOCC2)c([N+](=O)[O-])c(OC)c1OC. The van der Waals surface area contributed by atoms with Crippen LogP contribution < -0.4 is 19.5 Å². The zero-order valence-corrected chi connectivity index (χ0v) is 18.6. The van der Waals surface area contributed by atoms with Gasteiger partial charge in [0.1, 0.15) is 11.4 Å². The Morgan fingerprint density at radius 2 is 1.79 bits per heavy atom. The third-order valence-electron chi connectivity index (χ3n) is 5.43. The van der Waals surface area contributed by atoms with Crippen molar-refractivity contribution in [3.8, 4) is 17.2 Å². The molecule has 1 fully saturated rings. The molecular formula is C22H26FN3O7. The lowest BCUT2D eigenvalue weighted by molar-refractivity contribution is -0.386. The van der Waals surface area contributed by atoms with Crippen molar-refractivity contribution in [2.75, 3.05) is 54.2 Å². The predicted octanol–water partition coefficient (Wildman–Crippen LogP) is 2.56. The minimum absolute atomic E-state index is 0.0146. The first-order valence-corrected chi connectivity index (χ1v) is 10.2. The molecule has 2 aromatic carbocycles. The third-order valence-corrected chi connectivity index (χ3v) is 5.43. The molecule has 0 spiro atoms. The maximum Gasteiger partial charge on any atom is 0.327 e. The second-order valence-electron chi connectivity index (χ2n) is 7.22. The first-order chi connectivity index (χ1) is 15.9. The van der Waals surface area contributed by atoms with Crippen LogP contribution in [-0.2, 0) is 4.74 Å². The molecule has 178 valence electrons. The van der Waals surface area contributed by atoms with Crippen LogP contribution in [0.4, 0.5) is 10.1 Å². The van der Waals surface area contributed by atoms with Gasteiger partial charge in [0.05, 0.1) is 45.5 Å². The molecule has 33 heavy (non-hydrogen) atoms. The number of carbonyl (C=O) groups excluding carboxylic acids is 1. The number of hydrogen-bond donors (Lipinski definition) is 1. The smallest absolute Gasteiger partial charge is 0.327 e. The molecule has 0 bridgehead atoms. The number of nitrogens with zero attached hydrogens (tertiary/aromatic N) is 2. The summed E-state index contributed by atoms with van der Waals surface area (Å²) in [5, 5.41) is 14.6. The highest BCUT2D eigenvalue weighted by atomic mass is 19.1. The van der Waals surface area contributed by atoms with Crippen LogP contribution in [0, 0.1) is 15.9 Å². The first-order valence-electron chi connectivity index (χ1n) is 10.2. The van der Waals surface area contributed by atoms with Crippen molar-refractivity contribution in [1.29, 1.82) is 0 Å². The fraction of sp³-hybridized carbons (Fsp3) is 0.409. The number of nitro benzene ring substituents is 1. The van der Waals surface area contributed by atoms with Crippen molar-refractivity contribution in [1.82, 2.24) is 10.2 Å². The molecule has 1 amide bonds. The average molecular weight is 463 g/mol. The van der Waals surface area contributed by atoms with E-state index in [9.17, 15) is 19.3 Å². The second-order valence-corrected chi connectivity index (χ2v) is 7.22. The zero-order valence-electron chi connectivity index (χ0n) is 18.6. The van der Waals surface area contributed by atoms with Crippen molar-refractivity contribution < 1.29 is 33.1 Å². The minimum atomic E-state index is -0.699. The minimum Gasteiger partial charge on any atom is -0.493 e. The Bertz CT molecular complexity index is 994. The number of ether oxygens (including phenoxy) is 4. The Balaban J connectivity index is 1.92. The van der Waals surface area contributed by atoms with Gasteiger partial charge in [-0.1, -0.05) is 12.1 Å². The molecular weight excluding hydrogens is 437 g/mol. The summed E-state index contributed by atoms with van der Waals surface area (Å²) in [6.07, 6.45) is 0. The average Bonchev–Trinajstić information content (AvgIpc) is 2.84. The molecule has 1 atom stereocenters. The molecule has 2 aromatic rings. The highest BCUT2D eigenvalue weighted by Gasteiger charge is 2.33. The standard InChI is InChI=1S/C22H26FN3O7/c1-30-18-12-16(19(26(28)29)21(32-3)20(18)31-2)22(27)24-13-17(25-8-10-33-11-9-25)14-4-6-15(23)7-5-14/h4-7,12,17H,8-11,13H2,1-3H3,(H,24,27). The molecule has 1 saturated heterocycles. The quantitative estimate of drug-likeness (QED) is 0.446. The van der Waals surface area contributed by atoms with Crippen LogP contribution in [0.1, 0.15) is 22.0 Å². The van der Waals surface area contributed by atoms with E-state index in [2.05, 4.69) is 10.2 Å². The van der Waals surface area contributed by atoms with Gasteiger partial charge in [-0.05, 0) is 17.7 Å². The van der Waals surface area contributed by atoms with Gasteiger partial charge in [-0.25, -0.2) is 4.39 Å². The lowest BCUT2D eigenvalue weighted by Gasteiger charge is -2.35. The van der Waals surface area contributed by atoms with Crippen LogP contribution in [0.3, 0.4) is 0 Å². The molecule has 1 heterocycles. The molecule has 0 aliphatic carbocycles. The highest BCUT2D eigenvalue weighted by molar-refractivity contribution is 6.00. The number of halogens is 1. The van der Waals surface area contributed by atoms with E-state index in [0.717, 1.165) is 5.56 Å². The van der Waals surface area contributed by atoms with Gasteiger partial charge in [0.25, 0.3) is 5.91 Å². The normalized spacial score (nSPS) is 14.9. The number of methoxy groups -OCH3 is 3. The van der Waals surface area contributed by atoms with Gasteiger partial charge in [-0.2, -0.15) is 0 Å². The Labute approximate surface area is 190 Å². The first kappa shape index (κ1) is 24.2. The lowest BCUT2D eigenvalue weighted by atomic mass is 10.0. The summed E-state index contributed by atoms with van der Waals surface area (Å²) in [4.78, 5) is 26.3. The maximum atomic E-state index is 13.5. The van der Waals surface area contributed by atoms with Crippen molar-refractivity contribution in [2.24, 2.45) is 0 Å². The molecule has 1 N–H and O–H groups in total. The van der Waals surface area contributed by atoms with Gasteiger partial charge in [0, 0.05) is 25.7 Å². The molecule has 1 aliphatic heterocycles. The summed E-state index contributed by atoms with van der Waals surface area (Å²) in [5.74, 6) is -1.12. The summed E-state index contributed by atoms with van der Waals surface area (Å²) in [5.41, 5.74) is 0.0460. The van der Waals surface area contributed by atoms with Crippen molar-refractivity contribution in [2.45, 2.75) is 6.04 Å². The number of amides is 1. The summed E-state index contributed by atoms with van der Waals surface area (Å²) < 4.78 is 34.5. The van der Waals surface area contributed by atoms with E-state index < -0.39 is 16.5 Å². The van der Waals surface area contributed by atoms with Crippen LogP contribution >= 0.6 is 0 Å². The van der Waals surface area contributed by atoms with E-state index in [1.807, 2.05) is 0 Å². The van der Waals surface area contributed by atoms with Gasteiger partial charge >= 0.3 is 5.69 Å². The second kappa shape index (κ2) is 10.9. The monoisotopic (exact) mass is 463 g/mol. The third kappa shape index (κ3) is 5.32. The van der Waals surface area contributed by atoms with Crippen LogP contribution in [-0.4, -0.2) is 69.9 Å². The van der Waals surface area contributed by atoms with E-state index in [-0.39, 0.29) is 41.2 Å². The number of benzene rings is 2. The Morgan fingerprint density at radius 3 is 2.33 bits per heavy atom. The van der Waals surface area contributed by atoms with Crippen LogP contribution in [0.5, 0.6) is 17.2 Å². The fourth-order valence-corrected chi connectivity index (χ4v) is 3.81. The number of carbonyl (C=O) groups is 1. The maximum absolute atomic E-state index is 13.5. The van der Waals surface area contributed by atoms with Gasteiger partial charge in [-0.3, -0.25) is 19.8 Å². The van der Waals surface area contributed by atoms with Crippen LogP contribution in [0.15, 0.2) is 30.3 Å². The summed E-state index contributed by atoms with van der Waals surface area (Å²) in [6, 6.07) is 6.99. The van der Waals surface area contributed by atoms with E-state index in [4.69, 9.17) is 18.9 Å². The molecule has 0 aromatic heterocycles. The molecule has 10 nitrogen and oxygen atoms in total. The van der Waals surface area contributed by atoms with E-state index in [1.54, 1.807) is 12.1 Å². The molecule has 1 aliphatic rings. The number of nitro groups is 1. The van der Waals surface area contributed by atoms with Crippen molar-refractivity contribution >= 4 is 11.6 Å². The topological polar surface area (TPSA) is 112 Å². The fourth-order valence-electron chi connectivity index (χ4n) is 3.81. The highest BCUT2D eigenvalue weighted by Crippen LogP contribution is 2.46. The van der Waals surface area contributed by atoms with Crippen LogP contribution in [0.2, 0.25) is 0 Å². The lowest BCUT2D eigenvalue weighted by Crippen LogP contribution is -2.43. The zero-order chi connectivity index (χ0) is 24.0. The summed E-state index contributed by atoms with van der Waals surface area (Å²) >= 11 is 0. The molecule has 0 saturated carbocycles. The van der Waals surface area contributed by atoms with Crippen molar-refractivity contribution in [3.63, 3.8) is 0 Å². The van der Waals surface area contributed by atoms with Gasteiger partial charge in [0.2, 0.25) is 11.5 Å². The Morgan fingerprint density at radius 1 is 1.15 bits per heavy atom. The van der Waals surface area contributed by atoms with Crippen LogP contribution in [0.25, 0.3) is 0 Å².